The third kappa shape index (κ3) is 2.77. The molecule has 1 N–H and O–H groups in total. The minimum atomic E-state index is -0.399. The summed E-state index contributed by atoms with van der Waals surface area (Å²) >= 11 is 6.57. The lowest BCUT2D eigenvalue weighted by molar-refractivity contribution is 0.0927. The molecule has 3 aromatic carbocycles. The number of carbonyl (C=O) groups is 1. The van der Waals surface area contributed by atoms with E-state index in [4.69, 9.17) is 16.0 Å². The fraction of sp³-hybridized carbons (Fsp3) is 0. The van der Waals surface area contributed by atoms with Gasteiger partial charge in [0, 0.05) is 16.3 Å². The molecule has 1 amide bonds. The Morgan fingerprint density at radius 2 is 1.52 bits per heavy atom. The van der Waals surface area contributed by atoms with Gasteiger partial charge in [-0.15, -0.1) is 0 Å². The van der Waals surface area contributed by atoms with E-state index in [9.17, 15) is 4.79 Å². The predicted molar refractivity (Wildman–Crippen MR) is 100 cm³/mol. The van der Waals surface area contributed by atoms with Gasteiger partial charge >= 0.3 is 5.91 Å². The second-order valence-corrected chi connectivity index (χ2v) is 5.87. The Kier molecular flexibility index (Phi) is 3.96. The van der Waals surface area contributed by atoms with Crippen LogP contribution in [0.25, 0.3) is 21.5 Å². The summed E-state index contributed by atoms with van der Waals surface area (Å²) in [6, 6.07) is 19.0. The third-order valence-electron chi connectivity index (χ3n) is 4.01. The van der Waals surface area contributed by atoms with E-state index in [1.165, 1.54) is 6.26 Å². The van der Waals surface area contributed by atoms with E-state index < -0.39 is 5.91 Å². The van der Waals surface area contributed by atoms with Crippen molar-refractivity contribution in [2.75, 3.05) is 0 Å². The Balaban J connectivity index is 1.81. The molecule has 0 aliphatic rings. The number of nitrogens with one attached hydrogen (secondary N) is 1. The molecule has 1 aromatic heterocycles. The molecule has 0 fully saturated rings. The van der Waals surface area contributed by atoms with Gasteiger partial charge in [0.2, 0.25) is 0 Å². The highest BCUT2D eigenvalue weighted by Gasteiger charge is 2.11. The number of benzene rings is 3. The van der Waals surface area contributed by atoms with E-state index in [1.54, 1.807) is 18.3 Å². The minimum Gasteiger partial charge on any atom is -0.459 e. The number of fused-ring (bicyclic) bond motifs is 2. The Hall–Kier alpha value is -3.11. The van der Waals surface area contributed by atoms with Gasteiger partial charge in [-0.05, 0) is 22.9 Å². The van der Waals surface area contributed by atoms with Crippen LogP contribution in [-0.4, -0.2) is 12.1 Å². The maximum absolute atomic E-state index is 11.9. The molecule has 0 aliphatic carbocycles. The largest absolute Gasteiger partial charge is 0.459 e. The first-order valence-electron chi connectivity index (χ1n) is 7.71. The van der Waals surface area contributed by atoms with Gasteiger partial charge < -0.3 is 4.42 Å². The van der Waals surface area contributed by atoms with Crippen molar-refractivity contribution in [3.05, 3.63) is 83.3 Å². The number of hydrogen-bond acceptors (Lipinski definition) is 3. The normalized spacial score (nSPS) is 11.4. The van der Waals surface area contributed by atoms with Crippen LogP contribution in [0.5, 0.6) is 0 Å². The number of nitrogens with zero attached hydrogens (tertiary/aromatic N) is 1. The third-order valence-corrected chi connectivity index (χ3v) is 4.42. The molecule has 0 unspecified atom stereocenters. The molecule has 4 rings (SSSR count). The molecule has 0 aliphatic heterocycles. The Bertz CT molecular complexity index is 1040. The van der Waals surface area contributed by atoms with Crippen molar-refractivity contribution < 1.29 is 9.21 Å². The minimum absolute atomic E-state index is 0.211. The molecular formula is C20H13ClN2O2. The molecule has 122 valence electrons. The molecule has 0 saturated carbocycles. The highest BCUT2D eigenvalue weighted by Crippen LogP contribution is 2.35. The number of hydrazone groups is 1. The SMILES string of the molecule is O=C(N/N=C\c1c2ccccc2c(Cl)c2ccccc12)c1ccco1. The van der Waals surface area contributed by atoms with Crippen LogP contribution in [0.3, 0.4) is 0 Å². The number of halogens is 1. The van der Waals surface area contributed by atoms with Crippen molar-refractivity contribution in [3.8, 4) is 0 Å². The molecule has 25 heavy (non-hydrogen) atoms. The first-order chi connectivity index (χ1) is 12.3. The van der Waals surface area contributed by atoms with Gasteiger partial charge in [0.15, 0.2) is 5.76 Å². The molecule has 0 spiro atoms. The lowest BCUT2D eigenvalue weighted by atomic mass is 9.97. The highest BCUT2D eigenvalue weighted by molar-refractivity contribution is 6.42. The molecule has 0 radical (unpaired) electrons. The number of rotatable bonds is 3. The summed E-state index contributed by atoms with van der Waals surface area (Å²) in [5.41, 5.74) is 3.38. The number of carbonyl (C=O) groups excluding carboxylic acids is 1. The highest BCUT2D eigenvalue weighted by atomic mass is 35.5. The van der Waals surface area contributed by atoms with E-state index in [0.717, 1.165) is 27.1 Å². The van der Waals surface area contributed by atoms with Gasteiger partial charge in [-0.1, -0.05) is 60.1 Å². The van der Waals surface area contributed by atoms with Gasteiger partial charge in [-0.2, -0.15) is 5.10 Å². The van der Waals surface area contributed by atoms with E-state index in [-0.39, 0.29) is 5.76 Å². The molecule has 0 bridgehead atoms. The predicted octanol–water partition coefficient (Wildman–Crippen LogP) is 5.00. The Morgan fingerprint density at radius 1 is 0.920 bits per heavy atom. The average Bonchev–Trinajstić information content (AvgIpc) is 3.19. The van der Waals surface area contributed by atoms with E-state index >= 15 is 0 Å². The summed E-state index contributed by atoms with van der Waals surface area (Å²) in [4.78, 5) is 11.9. The molecule has 4 nitrogen and oxygen atoms in total. The zero-order valence-corrected chi connectivity index (χ0v) is 13.8. The molecule has 0 saturated heterocycles. The smallest absolute Gasteiger partial charge is 0.307 e. The van der Waals surface area contributed by atoms with Gasteiger partial charge in [0.05, 0.1) is 17.5 Å². The number of furan rings is 1. The zero-order chi connectivity index (χ0) is 17.2. The Labute approximate surface area is 148 Å². The van der Waals surface area contributed by atoms with Crippen LogP contribution >= 0.6 is 11.6 Å². The number of amides is 1. The van der Waals surface area contributed by atoms with Crippen LogP contribution in [0, 0.1) is 0 Å². The van der Waals surface area contributed by atoms with Crippen LogP contribution in [-0.2, 0) is 0 Å². The second-order valence-electron chi connectivity index (χ2n) is 5.50. The summed E-state index contributed by atoms with van der Waals surface area (Å²) in [7, 11) is 0. The zero-order valence-electron chi connectivity index (χ0n) is 13.1. The fourth-order valence-electron chi connectivity index (χ4n) is 2.87. The lowest BCUT2D eigenvalue weighted by Crippen LogP contribution is -2.16. The van der Waals surface area contributed by atoms with E-state index in [1.807, 2.05) is 48.5 Å². The topological polar surface area (TPSA) is 54.6 Å². The maximum atomic E-state index is 11.9. The average molecular weight is 349 g/mol. The standard InChI is InChI=1S/C20H13ClN2O2/c21-19-15-8-3-1-6-13(15)17(14-7-2-4-9-16(14)19)12-22-23-20(24)18-10-5-11-25-18/h1-12H,(H,23,24)/b22-12-. The van der Waals surface area contributed by atoms with Crippen molar-refractivity contribution in [3.63, 3.8) is 0 Å². The first-order valence-corrected chi connectivity index (χ1v) is 8.09. The molecule has 1 heterocycles. The van der Waals surface area contributed by atoms with E-state index in [0.29, 0.717) is 5.02 Å². The molecule has 5 heteroatoms. The molecular weight excluding hydrogens is 336 g/mol. The van der Waals surface area contributed by atoms with Crippen molar-refractivity contribution in [2.45, 2.75) is 0 Å². The summed E-state index contributed by atoms with van der Waals surface area (Å²) in [5.74, 6) is -0.188. The summed E-state index contributed by atoms with van der Waals surface area (Å²) in [6.07, 6.45) is 3.08. The van der Waals surface area contributed by atoms with Crippen molar-refractivity contribution in [1.82, 2.24) is 5.43 Å². The van der Waals surface area contributed by atoms with Gasteiger partial charge in [0.25, 0.3) is 0 Å². The van der Waals surface area contributed by atoms with Crippen LogP contribution in [0.4, 0.5) is 0 Å². The summed E-state index contributed by atoms with van der Waals surface area (Å²) in [5, 5.41) is 8.65. The monoisotopic (exact) mass is 348 g/mol. The quantitative estimate of drug-likeness (QED) is 0.321. The van der Waals surface area contributed by atoms with Crippen molar-refractivity contribution in [2.24, 2.45) is 5.10 Å². The van der Waals surface area contributed by atoms with Crippen molar-refractivity contribution >= 4 is 45.3 Å². The van der Waals surface area contributed by atoms with Gasteiger partial charge in [-0.3, -0.25) is 4.79 Å². The molecule has 4 aromatic rings. The van der Waals surface area contributed by atoms with Crippen LogP contribution in [0.2, 0.25) is 5.02 Å². The first kappa shape index (κ1) is 15.4. The fourth-order valence-corrected chi connectivity index (χ4v) is 3.20. The van der Waals surface area contributed by atoms with Crippen molar-refractivity contribution in [1.29, 1.82) is 0 Å². The maximum Gasteiger partial charge on any atom is 0.307 e. The molecule has 0 atom stereocenters. The Morgan fingerprint density at radius 3 is 2.08 bits per heavy atom. The number of hydrogen-bond donors (Lipinski definition) is 1. The lowest BCUT2D eigenvalue weighted by Gasteiger charge is -2.10. The summed E-state index contributed by atoms with van der Waals surface area (Å²) < 4.78 is 5.05. The summed E-state index contributed by atoms with van der Waals surface area (Å²) in [6.45, 7) is 0. The van der Waals surface area contributed by atoms with Crippen LogP contribution in [0.1, 0.15) is 16.1 Å². The van der Waals surface area contributed by atoms with Crippen LogP contribution in [0.15, 0.2) is 76.4 Å². The van der Waals surface area contributed by atoms with Crippen LogP contribution < -0.4 is 5.43 Å². The second kappa shape index (κ2) is 6.42. The van der Waals surface area contributed by atoms with Gasteiger partial charge in [0.1, 0.15) is 0 Å². The van der Waals surface area contributed by atoms with E-state index in [2.05, 4.69) is 10.5 Å². The van der Waals surface area contributed by atoms with Gasteiger partial charge in [-0.25, -0.2) is 5.43 Å².